The molecular formula is C13H12N2O2. The number of carbonyl (C=O) groups is 1. The number of hydrogen-bond acceptors (Lipinski definition) is 2. The Morgan fingerprint density at radius 3 is 2.88 bits per heavy atom. The Labute approximate surface area is 98.6 Å². The Balaban J connectivity index is 2.85. The van der Waals surface area contributed by atoms with Gasteiger partial charge in [0.25, 0.3) is 5.91 Å². The third kappa shape index (κ3) is 1.97. The second kappa shape index (κ2) is 4.25. The first-order valence-electron chi connectivity index (χ1n) is 5.18. The number of benzene rings is 1. The topological polar surface area (TPSA) is 70.0 Å². The van der Waals surface area contributed by atoms with E-state index in [4.69, 9.17) is 5.73 Å². The summed E-state index contributed by atoms with van der Waals surface area (Å²) in [5.74, 6) is -0.600. The summed E-state index contributed by atoms with van der Waals surface area (Å²) in [6.07, 6.45) is 5.00. The van der Waals surface area contributed by atoms with Gasteiger partial charge in [-0.3, -0.25) is 4.79 Å². The van der Waals surface area contributed by atoms with E-state index in [0.29, 0.717) is 16.5 Å². The molecule has 2 aromatic rings. The zero-order valence-electron chi connectivity index (χ0n) is 9.22. The molecule has 1 aromatic carbocycles. The molecule has 0 atom stereocenters. The van der Waals surface area contributed by atoms with Gasteiger partial charge in [0.05, 0.1) is 0 Å². The molecule has 2 rings (SSSR count). The summed E-state index contributed by atoms with van der Waals surface area (Å²) in [6.45, 7) is 3.67. The number of pyridine rings is 1. The van der Waals surface area contributed by atoms with Crippen molar-refractivity contribution in [2.45, 2.75) is 6.42 Å². The number of nitrogens with two attached hydrogens (primary N) is 1. The molecule has 2 N–H and O–H groups in total. The summed E-state index contributed by atoms with van der Waals surface area (Å²) in [4.78, 5) is 11.4. The Hall–Kier alpha value is -2.36. The standard InChI is InChI=1S/C13H12N2O2/c1-2-4-9-5-3-6-10-7-15(17)8-11(12(9)10)13(14)16/h2-3,5-8H,1,4H2,(H2,14,16). The fourth-order valence-corrected chi connectivity index (χ4v) is 1.93. The fraction of sp³-hybridized carbons (Fsp3) is 0.0769. The molecule has 4 nitrogen and oxygen atoms in total. The molecule has 0 unspecified atom stereocenters. The van der Waals surface area contributed by atoms with Crippen molar-refractivity contribution in [3.8, 4) is 0 Å². The molecule has 0 aliphatic carbocycles. The van der Waals surface area contributed by atoms with Gasteiger partial charge >= 0.3 is 0 Å². The second-order valence-electron chi connectivity index (χ2n) is 3.77. The quantitative estimate of drug-likeness (QED) is 0.488. The molecule has 0 saturated carbocycles. The molecule has 0 spiro atoms. The highest BCUT2D eigenvalue weighted by Crippen LogP contribution is 2.21. The molecule has 1 aromatic heterocycles. The van der Waals surface area contributed by atoms with Gasteiger partial charge < -0.3 is 10.9 Å². The van der Waals surface area contributed by atoms with E-state index in [1.54, 1.807) is 12.1 Å². The summed E-state index contributed by atoms with van der Waals surface area (Å²) >= 11 is 0. The highest BCUT2D eigenvalue weighted by atomic mass is 16.5. The van der Waals surface area contributed by atoms with Gasteiger partial charge in [0, 0.05) is 10.8 Å². The minimum absolute atomic E-state index is 0.245. The first-order chi connectivity index (χ1) is 8.13. The predicted molar refractivity (Wildman–Crippen MR) is 65.3 cm³/mol. The molecular weight excluding hydrogens is 216 g/mol. The van der Waals surface area contributed by atoms with Crippen LogP contribution in [0.3, 0.4) is 0 Å². The van der Waals surface area contributed by atoms with Crippen LogP contribution in [0, 0.1) is 5.21 Å². The van der Waals surface area contributed by atoms with Gasteiger partial charge in [-0.2, -0.15) is 4.73 Å². The van der Waals surface area contributed by atoms with Gasteiger partial charge in [0.1, 0.15) is 5.56 Å². The van der Waals surface area contributed by atoms with E-state index in [1.807, 2.05) is 12.1 Å². The van der Waals surface area contributed by atoms with Gasteiger partial charge in [0.2, 0.25) is 0 Å². The Bertz CT molecular complexity index is 606. The first-order valence-corrected chi connectivity index (χ1v) is 5.18. The molecule has 0 aliphatic rings. The lowest BCUT2D eigenvalue weighted by Gasteiger charge is -2.08. The third-order valence-electron chi connectivity index (χ3n) is 2.60. The lowest BCUT2D eigenvalue weighted by atomic mass is 9.99. The Morgan fingerprint density at radius 2 is 2.24 bits per heavy atom. The molecule has 0 bridgehead atoms. The number of nitrogens with zero attached hydrogens (tertiary/aromatic N) is 1. The van der Waals surface area contributed by atoms with Gasteiger partial charge in [-0.1, -0.05) is 18.2 Å². The molecule has 0 saturated heterocycles. The van der Waals surface area contributed by atoms with Crippen molar-refractivity contribution in [1.29, 1.82) is 0 Å². The second-order valence-corrected chi connectivity index (χ2v) is 3.77. The van der Waals surface area contributed by atoms with Gasteiger partial charge in [-0.05, 0) is 18.1 Å². The van der Waals surface area contributed by atoms with E-state index in [9.17, 15) is 10.0 Å². The number of carbonyl (C=O) groups excluding carboxylic acids is 1. The van der Waals surface area contributed by atoms with E-state index in [0.717, 1.165) is 10.9 Å². The molecule has 0 aliphatic heterocycles. The summed E-state index contributed by atoms with van der Waals surface area (Å²) in [5.41, 5.74) is 6.48. The van der Waals surface area contributed by atoms with Crippen LogP contribution in [0.2, 0.25) is 0 Å². The number of amides is 1. The van der Waals surface area contributed by atoms with Crippen molar-refractivity contribution in [1.82, 2.24) is 0 Å². The zero-order chi connectivity index (χ0) is 12.4. The largest absolute Gasteiger partial charge is 0.619 e. The molecule has 4 heteroatoms. The maximum Gasteiger partial charge on any atom is 0.255 e. The lowest BCUT2D eigenvalue weighted by molar-refractivity contribution is -0.604. The van der Waals surface area contributed by atoms with Crippen molar-refractivity contribution in [3.63, 3.8) is 0 Å². The minimum atomic E-state index is -0.600. The molecule has 86 valence electrons. The van der Waals surface area contributed by atoms with Crippen LogP contribution in [0.4, 0.5) is 0 Å². The van der Waals surface area contributed by atoms with Crippen molar-refractivity contribution >= 4 is 16.7 Å². The molecule has 0 fully saturated rings. The number of allylic oxidation sites excluding steroid dienone is 1. The van der Waals surface area contributed by atoms with Gasteiger partial charge in [0.15, 0.2) is 12.4 Å². The Morgan fingerprint density at radius 1 is 1.47 bits per heavy atom. The SMILES string of the molecule is C=CCc1cccc2c[n+]([O-])cc(C(N)=O)c12. The molecule has 1 amide bonds. The minimum Gasteiger partial charge on any atom is -0.619 e. The summed E-state index contributed by atoms with van der Waals surface area (Å²) in [6, 6.07) is 5.51. The van der Waals surface area contributed by atoms with Crippen LogP contribution in [0.15, 0.2) is 43.2 Å². The van der Waals surface area contributed by atoms with E-state index in [1.165, 1.54) is 12.4 Å². The summed E-state index contributed by atoms with van der Waals surface area (Å²) in [7, 11) is 0. The Kier molecular flexibility index (Phi) is 2.78. The monoisotopic (exact) mass is 228 g/mol. The predicted octanol–water partition coefficient (Wildman–Crippen LogP) is 1.30. The number of rotatable bonds is 3. The number of fused-ring (bicyclic) bond motifs is 1. The van der Waals surface area contributed by atoms with Crippen LogP contribution < -0.4 is 10.5 Å². The fourth-order valence-electron chi connectivity index (χ4n) is 1.93. The summed E-state index contributed by atoms with van der Waals surface area (Å²) in [5, 5.41) is 12.8. The van der Waals surface area contributed by atoms with Crippen LogP contribution in [-0.2, 0) is 6.42 Å². The maximum atomic E-state index is 11.4. The maximum absolute atomic E-state index is 11.4. The van der Waals surface area contributed by atoms with Gasteiger partial charge in [-0.15, -0.1) is 6.58 Å². The van der Waals surface area contributed by atoms with Crippen molar-refractivity contribution in [3.05, 3.63) is 59.6 Å². The average Bonchev–Trinajstić information content (AvgIpc) is 2.28. The molecule has 0 radical (unpaired) electrons. The highest BCUT2D eigenvalue weighted by Gasteiger charge is 2.14. The van der Waals surface area contributed by atoms with Crippen molar-refractivity contribution in [2.75, 3.05) is 0 Å². The zero-order valence-corrected chi connectivity index (χ0v) is 9.22. The lowest BCUT2D eigenvalue weighted by Crippen LogP contribution is -2.28. The average molecular weight is 228 g/mol. The number of hydrogen-bond donors (Lipinski definition) is 1. The third-order valence-corrected chi connectivity index (χ3v) is 2.60. The van der Waals surface area contributed by atoms with E-state index >= 15 is 0 Å². The normalized spacial score (nSPS) is 10.4. The first kappa shape index (κ1) is 11.1. The van der Waals surface area contributed by atoms with E-state index < -0.39 is 5.91 Å². The van der Waals surface area contributed by atoms with Crippen LogP contribution >= 0.6 is 0 Å². The number of aromatic nitrogens is 1. The van der Waals surface area contributed by atoms with Crippen LogP contribution in [0.25, 0.3) is 10.8 Å². The van der Waals surface area contributed by atoms with Crippen LogP contribution in [0.5, 0.6) is 0 Å². The van der Waals surface area contributed by atoms with Crippen LogP contribution in [-0.4, -0.2) is 5.91 Å². The van der Waals surface area contributed by atoms with E-state index in [-0.39, 0.29) is 5.56 Å². The van der Waals surface area contributed by atoms with Crippen molar-refractivity contribution < 1.29 is 9.52 Å². The molecule has 17 heavy (non-hydrogen) atoms. The van der Waals surface area contributed by atoms with Crippen molar-refractivity contribution in [2.24, 2.45) is 5.73 Å². The molecule has 1 heterocycles. The van der Waals surface area contributed by atoms with E-state index in [2.05, 4.69) is 6.58 Å². The van der Waals surface area contributed by atoms with Gasteiger partial charge in [-0.25, -0.2) is 0 Å². The highest BCUT2D eigenvalue weighted by molar-refractivity contribution is 6.06. The number of primary amides is 1. The summed E-state index contributed by atoms with van der Waals surface area (Å²) < 4.78 is 0.597. The smallest absolute Gasteiger partial charge is 0.255 e. The van der Waals surface area contributed by atoms with Crippen LogP contribution in [0.1, 0.15) is 15.9 Å².